The summed E-state index contributed by atoms with van der Waals surface area (Å²) in [6.45, 7) is 0.813. The molecule has 0 unspecified atom stereocenters. The summed E-state index contributed by atoms with van der Waals surface area (Å²) < 4.78 is 1.59. The first kappa shape index (κ1) is 11.8. The highest BCUT2D eigenvalue weighted by Gasteiger charge is 2.07. The third kappa shape index (κ3) is 2.73. The summed E-state index contributed by atoms with van der Waals surface area (Å²) in [5.74, 6) is -1.33. The van der Waals surface area contributed by atoms with Crippen LogP contribution in [0, 0.1) is 0 Å². The van der Waals surface area contributed by atoms with Gasteiger partial charge in [-0.3, -0.25) is 9.89 Å². The normalized spacial score (nSPS) is 10.2. The number of H-pyrrole nitrogens is 1. The lowest BCUT2D eigenvalue weighted by molar-refractivity contribution is 0.0690. The van der Waals surface area contributed by atoms with Crippen LogP contribution in [-0.4, -0.2) is 43.3 Å². The molecule has 0 spiro atoms. The van der Waals surface area contributed by atoms with Gasteiger partial charge in [-0.15, -0.1) is 0 Å². The summed E-state index contributed by atoms with van der Waals surface area (Å²) in [7, 11) is 0. The number of aromatic nitrogens is 4. The molecule has 1 amide bonds. The number of aromatic carboxylic acids is 1. The Bertz CT molecular complexity index is 546. The van der Waals surface area contributed by atoms with Crippen molar-refractivity contribution in [2.75, 3.05) is 6.54 Å². The number of hydrogen-bond donors (Lipinski definition) is 3. The first-order chi connectivity index (χ1) is 8.66. The molecule has 0 aliphatic rings. The van der Waals surface area contributed by atoms with E-state index in [1.807, 2.05) is 0 Å². The number of imidazole rings is 1. The molecule has 0 bridgehead atoms. The van der Waals surface area contributed by atoms with E-state index in [1.54, 1.807) is 10.6 Å². The van der Waals surface area contributed by atoms with Crippen LogP contribution in [0.1, 0.15) is 21.0 Å². The van der Waals surface area contributed by atoms with Crippen LogP contribution < -0.4 is 5.32 Å². The molecule has 0 radical (unpaired) electrons. The number of amides is 1. The molecule has 0 aliphatic carbocycles. The zero-order chi connectivity index (χ0) is 13.0. The third-order valence-electron chi connectivity index (χ3n) is 2.25. The van der Waals surface area contributed by atoms with Gasteiger partial charge in [0.05, 0.1) is 6.33 Å². The molecule has 8 heteroatoms. The van der Waals surface area contributed by atoms with E-state index in [0.717, 1.165) is 0 Å². The van der Waals surface area contributed by atoms with E-state index in [-0.39, 0.29) is 11.6 Å². The Morgan fingerprint density at radius 3 is 2.94 bits per heavy atom. The van der Waals surface area contributed by atoms with Crippen molar-refractivity contribution in [3.63, 3.8) is 0 Å². The molecule has 8 nitrogen and oxygen atoms in total. The van der Waals surface area contributed by atoms with Gasteiger partial charge in [-0.1, -0.05) is 0 Å². The molecular formula is C10H11N5O3. The van der Waals surface area contributed by atoms with Gasteiger partial charge in [0.2, 0.25) is 0 Å². The lowest BCUT2D eigenvalue weighted by atomic mass is 10.4. The van der Waals surface area contributed by atoms with Gasteiger partial charge in [0, 0.05) is 25.5 Å². The molecule has 94 valence electrons. The second-order valence-electron chi connectivity index (χ2n) is 3.53. The topological polar surface area (TPSA) is 113 Å². The van der Waals surface area contributed by atoms with Gasteiger partial charge >= 0.3 is 5.97 Å². The van der Waals surface area contributed by atoms with E-state index in [1.165, 1.54) is 18.7 Å². The van der Waals surface area contributed by atoms with Crippen molar-refractivity contribution in [1.82, 2.24) is 25.1 Å². The van der Waals surface area contributed by atoms with Gasteiger partial charge in [0.25, 0.3) is 5.91 Å². The van der Waals surface area contributed by atoms with E-state index in [2.05, 4.69) is 20.5 Å². The molecule has 0 fully saturated rings. The molecule has 2 aromatic heterocycles. The van der Waals surface area contributed by atoms with Crippen molar-refractivity contribution in [1.29, 1.82) is 0 Å². The van der Waals surface area contributed by atoms with Crippen LogP contribution in [0.2, 0.25) is 0 Å². The number of aromatic amines is 1. The predicted molar refractivity (Wildman–Crippen MR) is 60.1 cm³/mol. The van der Waals surface area contributed by atoms with Gasteiger partial charge in [0.15, 0.2) is 5.69 Å². The fourth-order valence-corrected chi connectivity index (χ4v) is 1.37. The van der Waals surface area contributed by atoms with Crippen LogP contribution in [0.3, 0.4) is 0 Å². The lowest BCUT2D eigenvalue weighted by Gasteiger charge is -2.03. The number of carbonyl (C=O) groups excluding carboxylic acids is 1. The number of hydrogen-bond acceptors (Lipinski definition) is 4. The van der Waals surface area contributed by atoms with E-state index in [4.69, 9.17) is 5.11 Å². The van der Waals surface area contributed by atoms with E-state index in [9.17, 15) is 9.59 Å². The standard InChI is InChI=1S/C10H11N5O3/c16-9(7-1-2-13-14-7)11-3-4-15-5-8(10(17)18)12-6-15/h1-2,5-6H,3-4H2,(H,11,16)(H,13,14)(H,17,18). The van der Waals surface area contributed by atoms with Crippen LogP contribution in [0.15, 0.2) is 24.8 Å². The van der Waals surface area contributed by atoms with Crippen molar-refractivity contribution in [3.8, 4) is 0 Å². The monoisotopic (exact) mass is 249 g/mol. The summed E-state index contributed by atoms with van der Waals surface area (Å²) in [4.78, 5) is 25.8. The molecule has 2 heterocycles. The molecule has 2 rings (SSSR count). The highest BCUT2D eigenvalue weighted by Crippen LogP contribution is 1.96. The predicted octanol–water partition coefficient (Wildman–Crippen LogP) is -0.266. The van der Waals surface area contributed by atoms with Gasteiger partial charge in [-0.05, 0) is 6.07 Å². The average Bonchev–Trinajstić information content (AvgIpc) is 3.00. The Morgan fingerprint density at radius 2 is 2.33 bits per heavy atom. The maximum absolute atomic E-state index is 11.5. The summed E-state index contributed by atoms with van der Waals surface area (Å²) in [5.41, 5.74) is 0.363. The number of nitrogens with one attached hydrogen (secondary N) is 2. The zero-order valence-electron chi connectivity index (χ0n) is 9.33. The summed E-state index contributed by atoms with van der Waals surface area (Å²) in [5, 5.41) is 17.6. The molecule has 0 aliphatic heterocycles. The van der Waals surface area contributed by atoms with Gasteiger partial charge in [-0.25, -0.2) is 9.78 Å². The smallest absolute Gasteiger partial charge is 0.356 e. The summed E-state index contributed by atoms with van der Waals surface area (Å²) in [6.07, 6.45) is 4.31. The van der Waals surface area contributed by atoms with Crippen molar-refractivity contribution in [2.24, 2.45) is 0 Å². The fourth-order valence-electron chi connectivity index (χ4n) is 1.37. The second-order valence-corrected chi connectivity index (χ2v) is 3.53. The van der Waals surface area contributed by atoms with Gasteiger partial charge < -0.3 is 15.0 Å². The minimum Gasteiger partial charge on any atom is -0.476 e. The highest BCUT2D eigenvalue weighted by atomic mass is 16.4. The SMILES string of the molecule is O=C(O)c1cn(CCNC(=O)c2ccn[nH]2)cn1. The van der Waals surface area contributed by atoms with Crippen molar-refractivity contribution >= 4 is 11.9 Å². The number of carboxylic acid groups (broad SMARTS) is 1. The number of carbonyl (C=O) groups is 2. The summed E-state index contributed by atoms with van der Waals surface area (Å²) in [6, 6.07) is 1.56. The highest BCUT2D eigenvalue weighted by molar-refractivity contribution is 5.92. The van der Waals surface area contributed by atoms with Crippen molar-refractivity contribution in [2.45, 2.75) is 6.54 Å². The number of nitrogens with zero attached hydrogens (tertiary/aromatic N) is 3. The van der Waals surface area contributed by atoms with E-state index >= 15 is 0 Å². The quantitative estimate of drug-likeness (QED) is 0.675. The van der Waals surface area contributed by atoms with Gasteiger partial charge in [-0.2, -0.15) is 5.10 Å². The Kier molecular flexibility index (Phi) is 3.37. The molecule has 18 heavy (non-hydrogen) atoms. The Morgan fingerprint density at radius 1 is 1.50 bits per heavy atom. The number of rotatable bonds is 5. The van der Waals surface area contributed by atoms with Crippen LogP contribution in [0.4, 0.5) is 0 Å². The summed E-state index contributed by atoms with van der Waals surface area (Å²) >= 11 is 0. The zero-order valence-corrected chi connectivity index (χ0v) is 9.33. The minimum atomic E-state index is -1.07. The Labute approximate surface area is 102 Å². The maximum atomic E-state index is 11.5. The third-order valence-corrected chi connectivity index (χ3v) is 2.25. The second kappa shape index (κ2) is 5.13. The first-order valence-electron chi connectivity index (χ1n) is 5.19. The molecule has 0 aromatic carbocycles. The number of carboxylic acids is 1. The van der Waals surface area contributed by atoms with Crippen LogP contribution in [-0.2, 0) is 6.54 Å². The Balaban J connectivity index is 1.81. The van der Waals surface area contributed by atoms with Crippen molar-refractivity contribution in [3.05, 3.63) is 36.2 Å². The Hall–Kier alpha value is -2.64. The van der Waals surface area contributed by atoms with E-state index in [0.29, 0.717) is 18.8 Å². The molecule has 0 saturated heterocycles. The molecule has 0 saturated carbocycles. The molecular weight excluding hydrogens is 238 g/mol. The molecule has 0 atom stereocenters. The maximum Gasteiger partial charge on any atom is 0.356 e. The van der Waals surface area contributed by atoms with E-state index < -0.39 is 5.97 Å². The largest absolute Gasteiger partial charge is 0.476 e. The van der Waals surface area contributed by atoms with Crippen LogP contribution in [0.25, 0.3) is 0 Å². The van der Waals surface area contributed by atoms with Crippen LogP contribution >= 0.6 is 0 Å². The van der Waals surface area contributed by atoms with Crippen LogP contribution in [0.5, 0.6) is 0 Å². The molecule has 2 aromatic rings. The minimum absolute atomic E-state index is 0.0186. The lowest BCUT2D eigenvalue weighted by Crippen LogP contribution is -2.27. The molecule has 3 N–H and O–H groups in total. The first-order valence-corrected chi connectivity index (χ1v) is 5.19. The van der Waals surface area contributed by atoms with Gasteiger partial charge in [0.1, 0.15) is 5.69 Å². The van der Waals surface area contributed by atoms with Crippen molar-refractivity contribution < 1.29 is 14.7 Å². The fraction of sp³-hybridized carbons (Fsp3) is 0.200. The average molecular weight is 249 g/mol.